The zero-order valence-corrected chi connectivity index (χ0v) is 19.4. The molecule has 0 aliphatic carbocycles. The molecule has 3 rings (SSSR count). The Morgan fingerprint density at radius 1 is 0.750 bits per heavy atom. The summed E-state index contributed by atoms with van der Waals surface area (Å²) in [6.07, 6.45) is -20.0. The zero-order valence-electron chi connectivity index (χ0n) is 19.4. The fourth-order valence-electron chi connectivity index (χ4n) is 4.39. The Bertz CT molecular complexity index is 717. The molecular formula is C20H35NO15. The molecule has 0 bridgehead atoms. The molecule has 0 aromatic carbocycles. The monoisotopic (exact) mass is 529 g/mol. The predicted molar refractivity (Wildman–Crippen MR) is 112 cm³/mol. The number of aliphatic hydroxyl groups is 9. The van der Waals surface area contributed by atoms with Crippen molar-refractivity contribution in [3.05, 3.63) is 0 Å². The minimum absolute atomic E-state index is 0.321. The van der Waals surface area contributed by atoms with E-state index in [9.17, 15) is 50.8 Å². The molecule has 16 heteroatoms. The molecule has 3 aliphatic rings. The largest absolute Gasteiger partial charge is 0.394 e. The minimum atomic E-state index is -1.82. The number of aliphatic hydroxyl groups excluding tert-OH is 9. The average molecular weight is 529 g/mol. The van der Waals surface area contributed by atoms with Crippen LogP contribution in [0.15, 0.2) is 0 Å². The van der Waals surface area contributed by atoms with Gasteiger partial charge >= 0.3 is 0 Å². The van der Waals surface area contributed by atoms with Gasteiger partial charge in [0.25, 0.3) is 0 Å². The molecule has 210 valence electrons. The van der Waals surface area contributed by atoms with Crippen LogP contribution in [0.4, 0.5) is 0 Å². The summed E-state index contributed by atoms with van der Waals surface area (Å²) < 4.78 is 27.6. The van der Waals surface area contributed by atoms with E-state index in [1.54, 1.807) is 0 Å². The third-order valence-electron chi connectivity index (χ3n) is 6.42. The molecule has 14 atom stereocenters. The summed E-state index contributed by atoms with van der Waals surface area (Å²) >= 11 is 0. The Kier molecular flexibility index (Phi) is 10.3. The third kappa shape index (κ3) is 6.13. The molecule has 3 heterocycles. The van der Waals surface area contributed by atoms with Crippen molar-refractivity contribution in [3.8, 4) is 0 Å². The van der Waals surface area contributed by atoms with Gasteiger partial charge in [0.05, 0.1) is 26.4 Å². The summed E-state index contributed by atoms with van der Waals surface area (Å²) in [4.78, 5) is 11.7. The lowest BCUT2D eigenvalue weighted by molar-refractivity contribution is -0.371. The van der Waals surface area contributed by atoms with E-state index in [2.05, 4.69) is 5.32 Å². The van der Waals surface area contributed by atoms with Gasteiger partial charge in [-0.15, -0.1) is 0 Å². The van der Waals surface area contributed by atoms with Crippen LogP contribution in [0.25, 0.3) is 0 Å². The van der Waals surface area contributed by atoms with Crippen molar-refractivity contribution in [3.63, 3.8) is 0 Å². The fraction of sp³-hybridized carbons (Fsp3) is 0.950. The maximum atomic E-state index is 11.7. The molecule has 36 heavy (non-hydrogen) atoms. The summed E-state index contributed by atoms with van der Waals surface area (Å²) in [5, 5.41) is 93.4. The van der Waals surface area contributed by atoms with Crippen molar-refractivity contribution in [1.82, 2.24) is 5.32 Å². The van der Waals surface area contributed by atoms with Crippen molar-refractivity contribution in [2.24, 2.45) is 0 Å². The van der Waals surface area contributed by atoms with Crippen LogP contribution in [0.3, 0.4) is 0 Å². The Morgan fingerprint density at radius 3 is 1.83 bits per heavy atom. The molecule has 3 aliphatic heterocycles. The van der Waals surface area contributed by atoms with E-state index in [-0.39, 0.29) is 6.61 Å². The maximum Gasteiger partial charge on any atom is 0.217 e. The lowest BCUT2D eigenvalue weighted by Crippen LogP contribution is -2.68. The summed E-state index contributed by atoms with van der Waals surface area (Å²) in [6, 6.07) is -1.40. The van der Waals surface area contributed by atoms with Crippen LogP contribution in [-0.2, 0) is 28.5 Å². The van der Waals surface area contributed by atoms with Gasteiger partial charge in [0.1, 0.15) is 73.2 Å². The summed E-state index contributed by atoms with van der Waals surface area (Å²) in [7, 11) is 0. The van der Waals surface area contributed by atoms with Gasteiger partial charge in [-0.1, -0.05) is 0 Å². The first kappa shape index (κ1) is 29.5. The van der Waals surface area contributed by atoms with Crippen molar-refractivity contribution in [2.45, 2.75) is 92.7 Å². The van der Waals surface area contributed by atoms with Crippen molar-refractivity contribution < 1.29 is 74.4 Å². The summed E-state index contributed by atoms with van der Waals surface area (Å²) in [6.45, 7) is -1.29. The maximum absolute atomic E-state index is 11.7. The number of nitrogens with one attached hydrogen (secondary N) is 1. The number of hydrogen-bond donors (Lipinski definition) is 10. The standard InChI is InChI=1S/C20H35NO15/c1-6(25)21-11-15(30)12(27)9(3-23)33-19(11)36-18-16(31)13(28)10(4-24)34-20(18)35-17-7(26)5-32-8(2-22)14(17)29/h7-20,22-24,26-31H,2-5H2,1H3,(H,21,25)/t7-,8-,9-,10-,11-,12-,13-,14-,15-,16+,17-,18+,19+,20-/m1/s1. The Balaban J connectivity index is 1.88. The van der Waals surface area contributed by atoms with Gasteiger partial charge in [-0.2, -0.15) is 0 Å². The highest BCUT2D eigenvalue weighted by molar-refractivity contribution is 5.73. The highest BCUT2D eigenvalue weighted by Gasteiger charge is 2.53. The van der Waals surface area contributed by atoms with Crippen molar-refractivity contribution in [1.29, 1.82) is 0 Å². The molecular weight excluding hydrogens is 494 g/mol. The van der Waals surface area contributed by atoms with Crippen LogP contribution < -0.4 is 5.32 Å². The number of rotatable bonds is 8. The van der Waals surface area contributed by atoms with E-state index in [1.807, 2.05) is 0 Å². The molecule has 10 N–H and O–H groups in total. The Labute approximate surface area is 205 Å². The molecule has 16 nitrogen and oxygen atoms in total. The van der Waals surface area contributed by atoms with Gasteiger partial charge < -0.3 is 75.0 Å². The molecule has 0 radical (unpaired) electrons. The average Bonchev–Trinajstić information content (AvgIpc) is 2.84. The SMILES string of the molecule is CC(=O)N[C@H]1[C@H](O[C@@H]2[C@@H](O[C@H]3[C@H](O)[C@@H](CO)OC[C@H]3O)O[C@H](CO)[C@@H](O)[C@@H]2O)O[C@H](CO)[C@@H](O)[C@@H]1O. The smallest absolute Gasteiger partial charge is 0.217 e. The van der Waals surface area contributed by atoms with Crippen LogP contribution in [0, 0.1) is 0 Å². The van der Waals surface area contributed by atoms with Crippen LogP contribution in [0.5, 0.6) is 0 Å². The number of amides is 1. The molecule has 0 unspecified atom stereocenters. The van der Waals surface area contributed by atoms with Gasteiger partial charge in [0, 0.05) is 6.92 Å². The minimum Gasteiger partial charge on any atom is -0.394 e. The van der Waals surface area contributed by atoms with Gasteiger partial charge in [-0.05, 0) is 0 Å². The van der Waals surface area contributed by atoms with Crippen LogP contribution in [-0.4, -0.2) is 164 Å². The highest BCUT2D eigenvalue weighted by Crippen LogP contribution is 2.32. The van der Waals surface area contributed by atoms with Crippen molar-refractivity contribution in [2.75, 3.05) is 26.4 Å². The van der Waals surface area contributed by atoms with E-state index in [1.165, 1.54) is 0 Å². The summed E-state index contributed by atoms with van der Waals surface area (Å²) in [5.74, 6) is -0.636. The van der Waals surface area contributed by atoms with Crippen molar-refractivity contribution >= 4 is 5.91 Å². The van der Waals surface area contributed by atoms with Gasteiger partial charge in [-0.3, -0.25) is 4.79 Å². The van der Waals surface area contributed by atoms with Crippen LogP contribution in [0.2, 0.25) is 0 Å². The van der Waals surface area contributed by atoms with Gasteiger partial charge in [-0.25, -0.2) is 0 Å². The Morgan fingerprint density at radius 2 is 1.28 bits per heavy atom. The third-order valence-corrected chi connectivity index (χ3v) is 6.42. The molecule has 0 aromatic rings. The second-order valence-electron chi connectivity index (χ2n) is 8.95. The number of carbonyl (C=O) groups excluding carboxylic acids is 1. The van der Waals surface area contributed by atoms with Gasteiger partial charge in [0.15, 0.2) is 12.6 Å². The van der Waals surface area contributed by atoms with Crippen LogP contribution in [0.1, 0.15) is 6.92 Å². The predicted octanol–water partition coefficient (Wildman–Crippen LogP) is -6.75. The van der Waals surface area contributed by atoms with E-state index in [0.29, 0.717) is 0 Å². The number of ether oxygens (including phenoxy) is 5. The van der Waals surface area contributed by atoms with E-state index < -0.39 is 111 Å². The summed E-state index contributed by atoms with van der Waals surface area (Å²) in [5.41, 5.74) is 0. The lowest BCUT2D eigenvalue weighted by Gasteiger charge is -2.48. The quantitative estimate of drug-likeness (QED) is 0.140. The number of hydrogen-bond acceptors (Lipinski definition) is 15. The van der Waals surface area contributed by atoms with Gasteiger partial charge in [0.2, 0.25) is 5.91 Å². The Hall–Kier alpha value is -1.09. The van der Waals surface area contributed by atoms with E-state index >= 15 is 0 Å². The second-order valence-corrected chi connectivity index (χ2v) is 8.95. The molecule has 1 amide bonds. The first-order valence-electron chi connectivity index (χ1n) is 11.5. The first-order chi connectivity index (χ1) is 17.0. The normalized spacial score (nSPS) is 47.9. The molecule has 0 spiro atoms. The molecule has 3 saturated heterocycles. The lowest BCUT2D eigenvalue weighted by atomic mass is 9.95. The topological polar surface area (TPSA) is 257 Å². The fourth-order valence-corrected chi connectivity index (χ4v) is 4.39. The highest BCUT2D eigenvalue weighted by atomic mass is 16.8. The molecule has 0 aromatic heterocycles. The zero-order chi connectivity index (χ0) is 26.7. The molecule has 0 saturated carbocycles. The number of carbonyl (C=O) groups is 1. The molecule has 3 fully saturated rings. The second kappa shape index (κ2) is 12.6. The first-order valence-corrected chi connectivity index (χ1v) is 11.5. The van der Waals surface area contributed by atoms with Crippen LogP contribution >= 0.6 is 0 Å². The van der Waals surface area contributed by atoms with E-state index in [4.69, 9.17) is 23.7 Å². The van der Waals surface area contributed by atoms with E-state index in [0.717, 1.165) is 6.92 Å².